The lowest BCUT2D eigenvalue weighted by molar-refractivity contribution is 0.128. The molecule has 2 atom stereocenters. The molecule has 0 bridgehead atoms. The summed E-state index contributed by atoms with van der Waals surface area (Å²) in [7, 11) is 0. The van der Waals surface area contributed by atoms with Gasteiger partial charge in [-0.1, -0.05) is 18.2 Å². The van der Waals surface area contributed by atoms with Crippen molar-refractivity contribution in [2.24, 2.45) is 5.73 Å². The summed E-state index contributed by atoms with van der Waals surface area (Å²) in [5.74, 6) is 0.852. The lowest BCUT2D eigenvalue weighted by Crippen LogP contribution is -2.18. The molecule has 3 nitrogen and oxygen atoms in total. The first-order valence-electron chi connectivity index (χ1n) is 5.74. The van der Waals surface area contributed by atoms with Crippen LogP contribution in [0.2, 0.25) is 0 Å². The van der Waals surface area contributed by atoms with E-state index >= 15 is 0 Å². The molecule has 16 heavy (non-hydrogen) atoms. The molecule has 0 aliphatic heterocycles. The predicted molar refractivity (Wildman–Crippen MR) is 65.6 cm³/mol. The highest BCUT2D eigenvalue weighted by Gasteiger charge is 2.07. The summed E-state index contributed by atoms with van der Waals surface area (Å²) >= 11 is 0. The summed E-state index contributed by atoms with van der Waals surface area (Å²) in [6.45, 7) is 3.88. The van der Waals surface area contributed by atoms with E-state index in [0.717, 1.165) is 24.2 Å². The molecular formula is C13H21NO2. The Hall–Kier alpha value is -1.06. The molecule has 0 amide bonds. The molecule has 0 spiro atoms. The Morgan fingerprint density at radius 3 is 2.62 bits per heavy atom. The molecule has 0 heterocycles. The van der Waals surface area contributed by atoms with Crippen LogP contribution in [0.4, 0.5) is 0 Å². The maximum absolute atomic E-state index is 8.96. The Bertz CT molecular complexity index is 313. The summed E-state index contributed by atoms with van der Waals surface area (Å²) < 4.78 is 5.64. The molecule has 90 valence electrons. The van der Waals surface area contributed by atoms with Crippen molar-refractivity contribution in [1.29, 1.82) is 0 Å². The lowest BCUT2D eigenvalue weighted by Gasteiger charge is -2.16. The zero-order chi connectivity index (χ0) is 12.0. The fourth-order valence-electron chi connectivity index (χ4n) is 1.46. The van der Waals surface area contributed by atoms with Gasteiger partial charge < -0.3 is 15.6 Å². The second-order valence-electron chi connectivity index (χ2n) is 4.23. The number of para-hydroxylation sites is 1. The standard InChI is InChI=1S/C13H21NO2/c1-10(14)7-8-12-5-3-4-6-13(12)16-11(2)9-15/h3-6,10-11,15H,7-9,14H2,1-2H3/t10-,11+/m0/s1. The van der Waals surface area contributed by atoms with Crippen LogP contribution in [0.25, 0.3) is 0 Å². The highest BCUT2D eigenvalue weighted by molar-refractivity contribution is 5.33. The molecule has 0 unspecified atom stereocenters. The van der Waals surface area contributed by atoms with Gasteiger partial charge in [-0.05, 0) is 38.3 Å². The summed E-state index contributed by atoms with van der Waals surface area (Å²) in [5.41, 5.74) is 6.89. The average Bonchev–Trinajstić information content (AvgIpc) is 2.27. The van der Waals surface area contributed by atoms with Crippen molar-refractivity contribution < 1.29 is 9.84 Å². The SMILES string of the molecule is C[C@H](N)CCc1ccccc1O[C@H](C)CO. The smallest absolute Gasteiger partial charge is 0.123 e. The van der Waals surface area contributed by atoms with Gasteiger partial charge in [-0.25, -0.2) is 0 Å². The van der Waals surface area contributed by atoms with E-state index in [2.05, 4.69) is 0 Å². The van der Waals surface area contributed by atoms with Crippen molar-refractivity contribution in [3.8, 4) is 5.75 Å². The predicted octanol–water partition coefficient (Wildman–Crippen LogP) is 1.73. The zero-order valence-corrected chi connectivity index (χ0v) is 10.0. The fourth-order valence-corrected chi connectivity index (χ4v) is 1.46. The number of nitrogens with two attached hydrogens (primary N) is 1. The number of aliphatic hydroxyl groups excluding tert-OH is 1. The summed E-state index contributed by atoms with van der Waals surface area (Å²) in [6.07, 6.45) is 1.68. The molecule has 3 N–H and O–H groups in total. The van der Waals surface area contributed by atoms with Gasteiger partial charge in [0, 0.05) is 6.04 Å². The van der Waals surface area contributed by atoms with Gasteiger partial charge in [0.2, 0.25) is 0 Å². The van der Waals surface area contributed by atoms with E-state index < -0.39 is 0 Å². The van der Waals surface area contributed by atoms with E-state index in [-0.39, 0.29) is 18.8 Å². The Labute approximate surface area is 97.2 Å². The number of aryl methyl sites for hydroxylation is 1. The highest BCUT2D eigenvalue weighted by Crippen LogP contribution is 2.21. The van der Waals surface area contributed by atoms with Gasteiger partial charge in [0.1, 0.15) is 11.9 Å². The molecule has 1 aromatic rings. The molecule has 1 aromatic carbocycles. The zero-order valence-electron chi connectivity index (χ0n) is 10.0. The van der Waals surface area contributed by atoms with E-state index in [0.29, 0.717) is 0 Å². The molecule has 0 aliphatic rings. The normalized spacial score (nSPS) is 14.5. The molecule has 3 heteroatoms. The van der Waals surface area contributed by atoms with Crippen LogP contribution in [0.15, 0.2) is 24.3 Å². The monoisotopic (exact) mass is 223 g/mol. The molecule has 0 saturated heterocycles. The minimum absolute atomic E-state index is 0.0294. The molecule has 0 fully saturated rings. The number of aliphatic hydroxyl groups is 1. The summed E-state index contributed by atoms with van der Waals surface area (Å²) in [5, 5.41) is 8.96. The molecule has 0 saturated carbocycles. The third-order valence-corrected chi connectivity index (χ3v) is 2.43. The number of hydrogen-bond donors (Lipinski definition) is 2. The van der Waals surface area contributed by atoms with Gasteiger partial charge in [-0.15, -0.1) is 0 Å². The first-order chi connectivity index (χ1) is 7.63. The molecular weight excluding hydrogens is 202 g/mol. The Morgan fingerprint density at radius 2 is 2.00 bits per heavy atom. The third kappa shape index (κ3) is 4.21. The number of ether oxygens (including phenoxy) is 1. The first-order valence-corrected chi connectivity index (χ1v) is 5.74. The van der Waals surface area contributed by atoms with Crippen molar-refractivity contribution in [2.75, 3.05) is 6.61 Å². The lowest BCUT2D eigenvalue weighted by atomic mass is 10.1. The summed E-state index contributed by atoms with van der Waals surface area (Å²) in [6, 6.07) is 8.11. The van der Waals surface area contributed by atoms with Crippen molar-refractivity contribution in [3.63, 3.8) is 0 Å². The van der Waals surface area contributed by atoms with E-state index in [1.165, 1.54) is 0 Å². The van der Waals surface area contributed by atoms with Gasteiger partial charge in [-0.2, -0.15) is 0 Å². The second-order valence-corrected chi connectivity index (χ2v) is 4.23. The van der Waals surface area contributed by atoms with E-state index in [9.17, 15) is 0 Å². The van der Waals surface area contributed by atoms with Gasteiger partial charge in [-0.3, -0.25) is 0 Å². The Kier molecular flexibility index (Phi) is 5.29. The average molecular weight is 223 g/mol. The van der Waals surface area contributed by atoms with Crippen LogP contribution in [0.3, 0.4) is 0 Å². The minimum atomic E-state index is -0.170. The quantitative estimate of drug-likeness (QED) is 0.772. The Morgan fingerprint density at radius 1 is 1.31 bits per heavy atom. The van der Waals surface area contributed by atoms with Crippen LogP contribution in [-0.2, 0) is 6.42 Å². The topological polar surface area (TPSA) is 55.5 Å². The highest BCUT2D eigenvalue weighted by atomic mass is 16.5. The maximum Gasteiger partial charge on any atom is 0.123 e. The van der Waals surface area contributed by atoms with Crippen molar-refractivity contribution in [2.45, 2.75) is 38.8 Å². The van der Waals surface area contributed by atoms with Crippen LogP contribution in [0.1, 0.15) is 25.8 Å². The summed E-state index contributed by atoms with van der Waals surface area (Å²) in [4.78, 5) is 0. The van der Waals surface area contributed by atoms with Crippen LogP contribution < -0.4 is 10.5 Å². The molecule has 1 rings (SSSR count). The van der Waals surface area contributed by atoms with Gasteiger partial charge >= 0.3 is 0 Å². The van der Waals surface area contributed by atoms with E-state index in [1.54, 1.807) is 0 Å². The largest absolute Gasteiger partial charge is 0.488 e. The number of rotatable bonds is 6. The molecule has 0 aliphatic carbocycles. The molecule has 0 radical (unpaired) electrons. The minimum Gasteiger partial charge on any atom is -0.488 e. The van der Waals surface area contributed by atoms with Crippen molar-refractivity contribution in [1.82, 2.24) is 0 Å². The number of benzene rings is 1. The van der Waals surface area contributed by atoms with Gasteiger partial charge in [0.15, 0.2) is 0 Å². The van der Waals surface area contributed by atoms with Crippen LogP contribution >= 0.6 is 0 Å². The van der Waals surface area contributed by atoms with Crippen molar-refractivity contribution >= 4 is 0 Å². The number of hydrogen-bond acceptors (Lipinski definition) is 3. The molecule has 0 aromatic heterocycles. The van der Waals surface area contributed by atoms with Gasteiger partial charge in [0.05, 0.1) is 6.61 Å². The van der Waals surface area contributed by atoms with Crippen molar-refractivity contribution in [3.05, 3.63) is 29.8 Å². The van der Waals surface area contributed by atoms with Crippen LogP contribution in [-0.4, -0.2) is 23.9 Å². The first kappa shape index (κ1) is 13.0. The van der Waals surface area contributed by atoms with Gasteiger partial charge in [0.25, 0.3) is 0 Å². The fraction of sp³-hybridized carbons (Fsp3) is 0.538. The van der Waals surface area contributed by atoms with Crippen LogP contribution in [0.5, 0.6) is 5.75 Å². The Balaban J connectivity index is 2.67. The van der Waals surface area contributed by atoms with E-state index in [1.807, 2.05) is 38.1 Å². The van der Waals surface area contributed by atoms with E-state index in [4.69, 9.17) is 15.6 Å². The van der Waals surface area contributed by atoms with Crippen LogP contribution in [0, 0.1) is 0 Å². The third-order valence-electron chi connectivity index (χ3n) is 2.43. The maximum atomic E-state index is 8.96. The second kappa shape index (κ2) is 6.51.